The summed E-state index contributed by atoms with van der Waals surface area (Å²) in [7, 11) is 6.05. The first-order chi connectivity index (χ1) is 14.1. The van der Waals surface area contributed by atoms with Crippen molar-refractivity contribution in [2.75, 3.05) is 34.3 Å². The van der Waals surface area contributed by atoms with Crippen LogP contribution in [0.1, 0.15) is 12.8 Å². The molecule has 0 aliphatic carbocycles. The summed E-state index contributed by atoms with van der Waals surface area (Å²) >= 11 is 7.56. The van der Waals surface area contributed by atoms with Crippen molar-refractivity contribution in [3.63, 3.8) is 0 Å². The van der Waals surface area contributed by atoms with Crippen LogP contribution in [-0.4, -0.2) is 64.5 Å². The third-order valence-corrected chi connectivity index (χ3v) is 6.83. The Kier molecular flexibility index (Phi) is 6.15. The van der Waals surface area contributed by atoms with Gasteiger partial charge in [-0.3, -0.25) is 9.47 Å². The summed E-state index contributed by atoms with van der Waals surface area (Å²) in [6, 6.07) is 12.6. The quantitative estimate of drug-likeness (QED) is 0.551. The van der Waals surface area contributed by atoms with Crippen molar-refractivity contribution in [2.24, 2.45) is 0 Å². The summed E-state index contributed by atoms with van der Waals surface area (Å²) in [6.45, 7) is 2.95. The van der Waals surface area contributed by atoms with E-state index in [1.54, 1.807) is 18.4 Å². The van der Waals surface area contributed by atoms with Gasteiger partial charge in [-0.2, -0.15) is 0 Å². The molecule has 1 aliphatic rings. The Bertz CT molecular complexity index is 1000. The molecule has 2 aromatic heterocycles. The first kappa shape index (κ1) is 20.3. The molecule has 6 nitrogen and oxygen atoms in total. The maximum Gasteiger partial charge on any atom is 0.204 e. The number of para-hydroxylation sites is 2. The van der Waals surface area contributed by atoms with Crippen LogP contribution < -0.4 is 4.74 Å². The highest BCUT2D eigenvalue weighted by Gasteiger charge is 2.23. The van der Waals surface area contributed by atoms with Crippen molar-refractivity contribution in [2.45, 2.75) is 25.6 Å². The Labute approximate surface area is 180 Å². The number of aromatic nitrogens is 3. The van der Waals surface area contributed by atoms with Crippen molar-refractivity contribution in [3.8, 4) is 22.1 Å². The van der Waals surface area contributed by atoms with Crippen molar-refractivity contribution < 1.29 is 4.74 Å². The molecule has 0 N–H and O–H groups in total. The topological polar surface area (TPSA) is 38.5 Å². The van der Waals surface area contributed by atoms with E-state index in [1.165, 1.54) is 12.8 Å². The van der Waals surface area contributed by atoms with Gasteiger partial charge in [-0.25, -0.2) is 4.68 Å². The van der Waals surface area contributed by atoms with Crippen LogP contribution in [-0.2, 0) is 6.67 Å². The Hall–Kier alpha value is -2.00. The average molecular weight is 430 g/mol. The first-order valence-electron chi connectivity index (χ1n) is 9.84. The number of nitrogens with zero attached hydrogens (tertiary/aromatic N) is 5. The first-order valence-corrected chi connectivity index (χ1v) is 11.1. The summed E-state index contributed by atoms with van der Waals surface area (Å²) in [5, 5.41) is 7.00. The summed E-state index contributed by atoms with van der Waals surface area (Å²) in [6.07, 6.45) is 2.34. The Morgan fingerprint density at radius 1 is 1.21 bits per heavy atom. The van der Waals surface area contributed by atoms with Gasteiger partial charge in [0.2, 0.25) is 4.77 Å². The van der Waals surface area contributed by atoms with Crippen LogP contribution in [0.3, 0.4) is 0 Å². The van der Waals surface area contributed by atoms with Crippen LogP contribution in [0.5, 0.6) is 5.75 Å². The number of piperidine rings is 1. The lowest BCUT2D eigenvalue weighted by molar-refractivity contribution is 0.113. The zero-order chi connectivity index (χ0) is 20.4. The second kappa shape index (κ2) is 8.79. The fourth-order valence-electron chi connectivity index (χ4n) is 3.86. The van der Waals surface area contributed by atoms with Crippen LogP contribution in [0.15, 0.2) is 41.8 Å². The number of hydrogen-bond donors (Lipinski definition) is 0. The molecule has 0 spiro atoms. The number of likely N-dealkylation sites (tertiary alicyclic amines) is 1. The molecule has 1 fully saturated rings. The molecule has 0 unspecified atom stereocenters. The van der Waals surface area contributed by atoms with Gasteiger partial charge < -0.3 is 9.64 Å². The van der Waals surface area contributed by atoms with Crippen molar-refractivity contribution >= 4 is 23.6 Å². The van der Waals surface area contributed by atoms with Crippen LogP contribution in [0.2, 0.25) is 0 Å². The zero-order valence-electron chi connectivity index (χ0n) is 17.1. The Balaban J connectivity index is 1.72. The molecule has 0 saturated carbocycles. The molecule has 0 atom stereocenters. The summed E-state index contributed by atoms with van der Waals surface area (Å²) in [5.74, 6) is 1.64. The van der Waals surface area contributed by atoms with Crippen molar-refractivity contribution in [1.82, 2.24) is 24.1 Å². The number of rotatable bonds is 6. The molecule has 0 amide bonds. The molecular weight excluding hydrogens is 402 g/mol. The smallest absolute Gasteiger partial charge is 0.204 e. The second-order valence-electron chi connectivity index (χ2n) is 7.52. The highest BCUT2D eigenvalue weighted by atomic mass is 32.1. The van der Waals surface area contributed by atoms with E-state index >= 15 is 0 Å². The van der Waals surface area contributed by atoms with E-state index in [-0.39, 0.29) is 0 Å². The number of methoxy groups -OCH3 is 1. The monoisotopic (exact) mass is 429 g/mol. The van der Waals surface area contributed by atoms with Crippen LogP contribution in [0, 0.1) is 4.77 Å². The number of benzene rings is 1. The van der Waals surface area contributed by atoms with Gasteiger partial charge in [-0.1, -0.05) is 18.2 Å². The zero-order valence-corrected chi connectivity index (χ0v) is 18.7. The van der Waals surface area contributed by atoms with E-state index in [4.69, 9.17) is 22.1 Å². The lowest BCUT2D eigenvalue weighted by atomic mass is 10.0. The van der Waals surface area contributed by atoms with Crippen LogP contribution in [0.25, 0.3) is 16.4 Å². The molecule has 3 aromatic rings. The minimum absolute atomic E-state index is 0.551. The molecule has 8 heteroatoms. The number of hydrogen-bond acceptors (Lipinski definition) is 6. The second-order valence-corrected chi connectivity index (χ2v) is 8.84. The Morgan fingerprint density at radius 3 is 2.66 bits per heavy atom. The van der Waals surface area contributed by atoms with Crippen LogP contribution in [0.4, 0.5) is 0 Å². The fraction of sp³-hybridized carbons (Fsp3) is 0.429. The van der Waals surface area contributed by atoms with Gasteiger partial charge in [0.25, 0.3) is 0 Å². The van der Waals surface area contributed by atoms with E-state index in [2.05, 4.69) is 35.3 Å². The molecule has 0 bridgehead atoms. The molecule has 1 aromatic carbocycles. The predicted octanol–water partition coefficient (Wildman–Crippen LogP) is 4.12. The predicted molar refractivity (Wildman–Crippen MR) is 121 cm³/mol. The minimum Gasteiger partial charge on any atom is -0.495 e. The molecule has 4 rings (SSSR count). The van der Waals surface area contributed by atoms with Gasteiger partial charge in [0.1, 0.15) is 5.75 Å². The summed E-state index contributed by atoms with van der Waals surface area (Å²) in [4.78, 5) is 5.85. The van der Waals surface area contributed by atoms with Gasteiger partial charge in [-0.15, -0.1) is 16.4 Å². The lowest BCUT2D eigenvalue weighted by Gasteiger charge is -2.34. The van der Waals surface area contributed by atoms with Gasteiger partial charge in [0.15, 0.2) is 5.82 Å². The van der Waals surface area contributed by atoms with E-state index < -0.39 is 0 Å². The molecular formula is C21H27N5OS2. The van der Waals surface area contributed by atoms with Gasteiger partial charge >= 0.3 is 0 Å². The average Bonchev–Trinajstić information content (AvgIpc) is 3.37. The molecule has 0 radical (unpaired) electrons. The van der Waals surface area contributed by atoms with Crippen LogP contribution >= 0.6 is 23.6 Å². The third-order valence-electron chi connectivity index (χ3n) is 5.58. The molecule has 1 saturated heterocycles. The summed E-state index contributed by atoms with van der Waals surface area (Å²) < 4.78 is 10.3. The maximum absolute atomic E-state index is 5.89. The largest absolute Gasteiger partial charge is 0.495 e. The summed E-state index contributed by atoms with van der Waals surface area (Å²) in [5.41, 5.74) is 0.914. The number of thiophene rings is 1. The normalized spacial score (nSPS) is 15.9. The van der Waals surface area contributed by atoms with Gasteiger partial charge in [0.05, 0.1) is 24.3 Å². The Morgan fingerprint density at radius 2 is 1.97 bits per heavy atom. The van der Waals surface area contributed by atoms with Crippen molar-refractivity contribution in [1.29, 1.82) is 0 Å². The standard InChI is InChI=1S/C21H27N5OS2/c1-23-12-10-16(11-13-23)24(2)15-25-21(28)26(17-7-4-5-8-18(17)27-3)20(22-25)19-9-6-14-29-19/h4-9,14,16H,10-13,15H2,1-3H3. The van der Waals surface area contributed by atoms with E-state index in [0.717, 1.165) is 35.2 Å². The lowest BCUT2D eigenvalue weighted by Crippen LogP contribution is -2.42. The minimum atomic E-state index is 0.551. The van der Waals surface area contributed by atoms with Gasteiger partial charge in [-0.05, 0) is 75.8 Å². The highest BCUT2D eigenvalue weighted by Crippen LogP contribution is 2.31. The SMILES string of the molecule is COc1ccccc1-n1c(-c2cccs2)nn(CN(C)C2CCN(C)CC2)c1=S. The number of ether oxygens (including phenoxy) is 1. The molecule has 154 valence electrons. The molecule has 3 heterocycles. The van der Waals surface area contributed by atoms with Gasteiger partial charge in [0, 0.05) is 6.04 Å². The van der Waals surface area contributed by atoms with Crippen molar-refractivity contribution in [3.05, 3.63) is 46.5 Å². The van der Waals surface area contributed by atoms with E-state index in [1.807, 2.05) is 39.6 Å². The van der Waals surface area contributed by atoms with E-state index in [0.29, 0.717) is 17.5 Å². The van der Waals surface area contributed by atoms with E-state index in [9.17, 15) is 0 Å². The molecule has 1 aliphatic heterocycles. The maximum atomic E-state index is 5.89. The third kappa shape index (κ3) is 4.16. The highest BCUT2D eigenvalue weighted by molar-refractivity contribution is 7.71. The fourth-order valence-corrected chi connectivity index (χ4v) is 4.84. The molecule has 29 heavy (non-hydrogen) atoms.